The van der Waals surface area contributed by atoms with Crippen LogP contribution in [0, 0.1) is 6.07 Å². The van der Waals surface area contributed by atoms with E-state index in [9.17, 15) is 5.11 Å². The van der Waals surface area contributed by atoms with Crippen molar-refractivity contribution in [2.45, 2.75) is 26.0 Å². The predicted molar refractivity (Wildman–Crippen MR) is 81.1 cm³/mol. The van der Waals surface area contributed by atoms with Crippen molar-refractivity contribution in [3.8, 4) is 11.1 Å². The van der Waals surface area contributed by atoms with Crippen LogP contribution in [0.25, 0.3) is 11.1 Å². The van der Waals surface area contributed by atoms with Crippen molar-refractivity contribution >= 4 is 0 Å². The Morgan fingerprint density at radius 1 is 1.10 bits per heavy atom. The summed E-state index contributed by atoms with van der Waals surface area (Å²) in [6.07, 6.45) is 2.62. The highest BCUT2D eigenvalue weighted by atomic mass is 16.3. The first kappa shape index (κ1) is 13.3. The summed E-state index contributed by atoms with van der Waals surface area (Å²) in [5.74, 6) is 0. The van der Waals surface area contributed by atoms with E-state index in [4.69, 9.17) is 0 Å². The van der Waals surface area contributed by atoms with Crippen LogP contribution in [0.4, 0.5) is 0 Å². The second kappa shape index (κ2) is 6.21. The molecular weight excluding hydrogens is 246 g/mol. The van der Waals surface area contributed by atoms with Crippen LogP contribution < -0.4 is 0 Å². The average Bonchev–Trinajstić information content (AvgIpc) is 3.01. The summed E-state index contributed by atoms with van der Waals surface area (Å²) in [6, 6.07) is 17.7. The third-order valence-corrected chi connectivity index (χ3v) is 3.93. The molecule has 0 bridgehead atoms. The fraction of sp³-hybridized carbons (Fsp3) is 0.333. The topological polar surface area (TPSA) is 23.5 Å². The second-order valence-electron chi connectivity index (χ2n) is 5.41. The van der Waals surface area contributed by atoms with Gasteiger partial charge in [0.15, 0.2) is 0 Å². The van der Waals surface area contributed by atoms with Gasteiger partial charge in [0.2, 0.25) is 0 Å². The molecule has 3 rings (SSSR count). The van der Waals surface area contributed by atoms with Crippen molar-refractivity contribution in [3.05, 3.63) is 59.7 Å². The Labute approximate surface area is 120 Å². The lowest BCUT2D eigenvalue weighted by atomic mass is 9.98. The molecule has 1 radical (unpaired) electrons. The first-order valence-corrected chi connectivity index (χ1v) is 7.29. The lowest BCUT2D eigenvalue weighted by Gasteiger charge is -2.17. The first-order chi connectivity index (χ1) is 9.86. The van der Waals surface area contributed by atoms with E-state index in [-0.39, 0.29) is 6.61 Å². The van der Waals surface area contributed by atoms with Gasteiger partial charge in [-0.1, -0.05) is 36.4 Å². The zero-order chi connectivity index (χ0) is 13.8. The zero-order valence-electron chi connectivity index (χ0n) is 11.7. The first-order valence-electron chi connectivity index (χ1n) is 7.29. The fourth-order valence-electron chi connectivity index (χ4n) is 2.88. The maximum atomic E-state index is 9.29. The highest BCUT2D eigenvalue weighted by Gasteiger charge is 2.14. The monoisotopic (exact) mass is 266 g/mol. The second-order valence-corrected chi connectivity index (χ2v) is 5.41. The van der Waals surface area contributed by atoms with Gasteiger partial charge < -0.3 is 5.11 Å². The molecule has 2 heteroatoms. The Balaban J connectivity index is 1.91. The molecule has 2 aromatic rings. The van der Waals surface area contributed by atoms with E-state index in [0.29, 0.717) is 0 Å². The van der Waals surface area contributed by atoms with E-state index in [1.165, 1.54) is 31.5 Å². The summed E-state index contributed by atoms with van der Waals surface area (Å²) < 4.78 is 0. The standard InChI is InChI=1S/C18H20NO/c20-14-15-6-5-8-16(12-15)18-9-2-1-7-17(18)13-19-10-3-4-11-19/h1-2,5-8,12,20H,3-4,10-11,13-14H2. The van der Waals surface area contributed by atoms with E-state index in [0.717, 1.165) is 23.2 Å². The van der Waals surface area contributed by atoms with Crippen molar-refractivity contribution in [2.24, 2.45) is 0 Å². The van der Waals surface area contributed by atoms with E-state index < -0.39 is 0 Å². The van der Waals surface area contributed by atoms with E-state index >= 15 is 0 Å². The molecular formula is C18H20NO. The molecule has 0 amide bonds. The number of rotatable bonds is 4. The molecule has 103 valence electrons. The molecule has 0 aromatic heterocycles. The van der Waals surface area contributed by atoms with Crippen molar-refractivity contribution in [3.63, 3.8) is 0 Å². The number of likely N-dealkylation sites (tertiary alicyclic amines) is 1. The molecule has 1 heterocycles. The molecule has 0 aliphatic carbocycles. The number of hydrogen-bond acceptors (Lipinski definition) is 2. The minimum atomic E-state index is 0.0854. The number of benzene rings is 2. The van der Waals surface area contributed by atoms with Gasteiger partial charge in [0, 0.05) is 6.54 Å². The molecule has 2 nitrogen and oxygen atoms in total. The van der Waals surface area contributed by atoms with Crippen LogP contribution in [0.5, 0.6) is 0 Å². The Kier molecular flexibility index (Phi) is 4.14. The lowest BCUT2D eigenvalue weighted by Crippen LogP contribution is -2.18. The van der Waals surface area contributed by atoms with E-state index in [2.05, 4.69) is 35.2 Å². The molecule has 0 saturated carbocycles. The van der Waals surface area contributed by atoms with Gasteiger partial charge in [-0.3, -0.25) is 4.90 Å². The van der Waals surface area contributed by atoms with Crippen LogP contribution in [0.1, 0.15) is 24.0 Å². The van der Waals surface area contributed by atoms with Crippen LogP contribution in [-0.2, 0) is 13.2 Å². The van der Waals surface area contributed by atoms with Crippen LogP contribution in [0.3, 0.4) is 0 Å². The summed E-state index contributed by atoms with van der Waals surface area (Å²) in [4.78, 5) is 2.50. The highest BCUT2D eigenvalue weighted by molar-refractivity contribution is 5.67. The SMILES string of the molecule is OCc1cccc(-c2[c]cccc2CN2CCCC2)c1. The zero-order valence-corrected chi connectivity index (χ0v) is 11.7. The Morgan fingerprint density at radius 2 is 1.95 bits per heavy atom. The van der Waals surface area contributed by atoms with Crippen molar-refractivity contribution in [1.29, 1.82) is 0 Å². The molecule has 1 aliphatic rings. The third kappa shape index (κ3) is 2.92. The van der Waals surface area contributed by atoms with Gasteiger partial charge in [0.25, 0.3) is 0 Å². The van der Waals surface area contributed by atoms with Gasteiger partial charge in [-0.25, -0.2) is 0 Å². The van der Waals surface area contributed by atoms with Gasteiger partial charge in [0.1, 0.15) is 0 Å². The molecule has 0 unspecified atom stereocenters. The van der Waals surface area contributed by atoms with Crippen molar-refractivity contribution in [1.82, 2.24) is 4.90 Å². The Hall–Kier alpha value is -1.64. The van der Waals surface area contributed by atoms with E-state index in [1.807, 2.05) is 18.2 Å². The van der Waals surface area contributed by atoms with Crippen molar-refractivity contribution < 1.29 is 5.11 Å². The number of nitrogens with zero attached hydrogens (tertiary/aromatic N) is 1. The minimum Gasteiger partial charge on any atom is -0.392 e. The van der Waals surface area contributed by atoms with Crippen LogP contribution in [0.2, 0.25) is 0 Å². The average molecular weight is 266 g/mol. The molecule has 1 fully saturated rings. The number of hydrogen-bond donors (Lipinski definition) is 1. The lowest BCUT2D eigenvalue weighted by molar-refractivity contribution is 0.282. The van der Waals surface area contributed by atoms with Gasteiger partial charge in [-0.15, -0.1) is 0 Å². The number of aliphatic hydroxyl groups excluding tert-OH is 1. The molecule has 1 saturated heterocycles. The molecule has 1 aliphatic heterocycles. The summed E-state index contributed by atoms with van der Waals surface area (Å²) in [7, 11) is 0. The van der Waals surface area contributed by atoms with Crippen LogP contribution in [-0.4, -0.2) is 23.1 Å². The summed E-state index contributed by atoms with van der Waals surface area (Å²) in [6.45, 7) is 3.48. The summed E-state index contributed by atoms with van der Waals surface area (Å²) in [5, 5.41) is 9.29. The molecule has 1 N–H and O–H groups in total. The van der Waals surface area contributed by atoms with Gasteiger partial charge in [-0.2, -0.15) is 0 Å². The van der Waals surface area contributed by atoms with E-state index in [1.54, 1.807) is 0 Å². The van der Waals surface area contributed by atoms with Crippen molar-refractivity contribution in [2.75, 3.05) is 13.1 Å². The van der Waals surface area contributed by atoms with Gasteiger partial charge >= 0.3 is 0 Å². The molecule has 2 aromatic carbocycles. The molecule has 20 heavy (non-hydrogen) atoms. The third-order valence-electron chi connectivity index (χ3n) is 3.93. The maximum absolute atomic E-state index is 9.29. The van der Waals surface area contributed by atoms with Gasteiger partial charge in [0.05, 0.1) is 6.61 Å². The number of aliphatic hydroxyl groups is 1. The maximum Gasteiger partial charge on any atom is 0.0682 e. The van der Waals surface area contributed by atoms with Crippen LogP contribution >= 0.6 is 0 Å². The summed E-state index contributed by atoms with van der Waals surface area (Å²) >= 11 is 0. The van der Waals surface area contributed by atoms with Crippen LogP contribution in [0.15, 0.2) is 42.5 Å². The summed E-state index contributed by atoms with van der Waals surface area (Å²) in [5.41, 5.74) is 4.58. The highest BCUT2D eigenvalue weighted by Crippen LogP contribution is 2.26. The molecule has 0 spiro atoms. The Bertz CT molecular complexity index is 573. The smallest absolute Gasteiger partial charge is 0.0682 e. The minimum absolute atomic E-state index is 0.0854. The molecule has 0 atom stereocenters. The predicted octanol–water partition coefficient (Wildman–Crippen LogP) is 3.24. The quantitative estimate of drug-likeness (QED) is 0.918. The normalized spacial score (nSPS) is 15.7. The largest absolute Gasteiger partial charge is 0.392 e. The van der Waals surface area contributed by atoms with Gasteiger partial charge in [-0.05, 0) is 60.3 Å². The Morgan fingerprint density at radius 3 is 2.75 bits per heavy atom. The fourth-order valence-corrected chi connectivity index (χ4v) is 2.88.